The lowest BCUT2D eigenvalue weighted by Gasteiger charge is -2.18. The maximum Gasteiger partial charge on any atom is 0.182 e. The van der Waals surface area contributed by atoms with Gasteiger partial charge in [0, 0.05) is 12.7 Å². The van der Waals surface area contributed by atoms with Crippen LogP contribution in [0.15, 0.2) is 6.20 Å². The highest BCUT2D eigenvalue weighted by atomic mass is 32.1. The fourth-order valence-electron chi connectivity index (χ4n) is 0.976. The van der Waals surface area contributed by atoms with Gasteiger partial charge in [-0.3, -0.25) is 0 Å². The van der Waals surface area contributed by atoms with Crippen LogP contribution >= 0.6 is 11.3 Å². The predicted octanol–water partition coefficient (Wildman–Crippen LogP) is 3.28. The molecule has 0 unspecified atom stereocenters. The van der Waals surface area contributed by atoms with Crippen molar-refractivity contribution in [2.75, 3.05) is 11.9 Å². The number of nitrogens with one attached hydrogen (secondary N) is 1. The van der Waals surface area contributed by atoms with E-state index in [2.05, 4.69) is 38.0 Å². The molecule has 3 nitrogen and oxygen atoms in total. The van der Waals surface area contributed by atoms with Gasteiger partial charge in [0.05, 0.1) is 17.1 Å². The maximum atomic E-state index is 5.68. The Morgan fingerprint density at radius 1 is 1.47 bits per heavy atom. The SMILES string of the molecule is CCCNc1ncc(COC(C)(C)C)s1. The van der Waals surface area contributed by atoms with E-state index in [1.165, 1.54) is 4.88 Å². The van der Waals surface area contributed by atoms with E-state index in [1.54, 1.807) is 11.3 Å². The molecule has 0 atom stereocenters. The summed E-state index contributed by atoms with van der Waals surface area (Å²) < 4.78 is 5.68. The molecule has 0 aromatic carbocycles. The van der Waals surface area contributed by atoms with Crippen LogP contribution in [0, 0.1) is 0 Å². The fourth-order valence-corrected chi connectivity index (χ4v) is 1.73. The van der Waals surface area contributed by atoms with Crippen LogP contribution in [0.4, 0.5) is 5.13 Å². The van der Waals surface area contributed by atoms with Crippen LogP contribution in [-0.2, 0) is 11.3 Å². The molecule has 0 aliphatic carbocycles. The molecule has 0 saturated carbocycles. The second-order valence-corrected chi connectivity index (χ2v) is 5.57. The molecule has 0 aliphatic heterocycles. The van der Waals surface area contributed by atoms with E-state index in [4.69, 9.17) is 4.74 Å². The summed E-state index contributed by atoms with van der Waals surface area (Å²) in [6.07, 6.45) is 3.00. The van der Waals surface area contributed by atoms with Crippen molar-refractivity contribution >= 4 is 16.5 Å². The molecule has 0 spiro atoms. The standard InChI is InChI=1S/C11H20N2OS/c1-5-6-12-10-13-7-9(15-10)8-14-11(2,3)4/h7H,5-6,8H2,1-4H3,(H,12,13). The zero-order valence-electron chi connectivity index (χ0n) is 9.96. The minimum atomic E-state index is -0.0823. The second kappa shape index (κ2) is 5.47. The zero-order chi connectivity index (χ0) is 11.3. The van der Waals surface area contributed by atoms with Crippen molar-refractivity contribution in [3.05, 3.63) is 11.1 Å². The molecule has 0 aliphatic rings. The van der Waals surface area contributed by atoms with Crippen molar-refractivity contribution in [1.29, 1.82) is 0 Å². The van der Waals surface area contributed by atoms with Gasteiger partial charge >= 0.3 is 0 Å². The lowest BCUT2D eigenvalue weighted by Crippen LogP contribution is -2.18. The van der Waals surface area contributed by atoms with Crippen LogP contribution in [0.2, 0.25) is 0 Å². The molecular formula is C11H20N2OS. The van der Waals surface area contributed by atoms with E-state index in [9.17, 15) is 0 Å². The van der Waals surface area contributed by atoms with Crippen molar-refractivity contribution in [2.45, 2.75) is 46.3 Å². The fraction of sp³-hybridized carbons (Fsp3) is 0.727. The first kappa shape index (κ1) is 12.5. The second-order valence-electron chi connectivity index (χ2n) is 4.46. The van der Waals surface area contributed by atoms with Gasteiger partial charge in [0.25, 0.3) is 0 Å². The summed E-state index contributed by atoms with van der Waals surface area (Å²) in [5.74, 6) is 0. The van der Waals surface area contributed by atoms with Crippen LogP contribution in [0.25, 0.3) is 0 Å². The third kappa shape index (κ3) is 5.14. The Kier molecular flexibility index (Phi) is 4.54. The van der Waals surface area contributed by atoms with E-state index in [0.717, 1.165) is 18.1 Å². The number of nitrogens with zero attached hydrogens (tertiary/aromatic N) is 1. The van der Waals surface area contributed by atoms with E-state index in [-0.39, 0.29) is 5.60 Å². The molecule has 1 N–H and O–H groups in total. The smallest absolute Gasteiger partial charge is 0.182 e. The topological polar surface area (TPSA) is 34.2 Å². The monoisotopic (exact) mass is 228 g/mol. The Balaban J connectivity index is 2.39. The van der Waals surface area contributed by atoms with Crippen molar-refractivity contribution < 1.29 is 4.74 Å². The van der Waals surface area contributed by atoms with Gasteiger partial charge < -0.3 is 10.1 Å². The summed E-state index contributed by atoms with van der Waals surface area (Å²) >= 11 is 1.67. The molecule has 0 radical (unpaired) electrons. The first-order valence-corrected chi connectivity index (χ1v) is 6.15. The molecule has 0 amide bonds. The summed E-state index contributed by atoms with van der Waals surface area (Å²) in [5.41, 5.74) is -0.0823. The largest absolute Gasteiger partial charge is 0.370 e. The number of aromatic nitrogens is 1. The van der Waals surface area contributed by atoms with Crippen molar-refractivity contribution in [2.24, 2.45) is 0 Å². The highest BCUT2D eigenvalue weighted by Crippen LogP contribution is 2.20. The molecule has 15 heavy (non-hydrogen) atoms. The first-order chi connectivity index (χ1) is 7.01. The molecule has 0 saturated heterocycles. The molecule has 1 aromatic heterocycles. The summed E-state index contributed by atoms with van der Waals surface area (Å²) in [6.45, 7) is 9.95. The number of anilines is 1. The third-order valence-electron chi connectivity index (χ3n) is 1.73. The van der Waals surface area contributed by atoms with Gasteiger partial charge in [-0.2, -0.15) is 0 Å². The quantitative estimate of drug-likeness (QED) is 0.839. The normalized spacial score (nSPS) is 11.7. The van der Waals surface area contributed by atoms with E-state index < -0.39 is 0 Å². The Labute approximate surface area is 95.9 Å². The minimum Gasteiger partial charge on any atom is -0.370 e. The summed E-state index contributed by atoms with van der Waals surface area (Å²) in [6, 6.07) is 0. The van der Waals surface area contributed by atoms with E-state index in [1.807, 2.05) is 6.20 Å². The lowest BCUT2D eigenvalue weighted by atomic mass is 10.2. The summed E-state index contributed by atoms with van der Waals surface area (Å²) in [4.78, 5) is 5.45. The molecule has 0 bridgehead atoms. The Morgan fingerprint density at radius 2 is 2.20 bits per heavy atom. The summed E-state index contributed by atoms with van der Waals surface area (Å²) in [7, 11) is 0. The minimum absolute atomic E-state index is 0.0823. The van der Waals surface area contributed by atoms with Crippen LogP contribution in [0.1, 0.15) is 39.0 Å². The number of hydrogen-bond donors (Lipinski definition) is 1. The number of ether oxygens (including phenoxy) is 1. The lowest BCUT2D eigenvalue weighted by molar-refractivity contribution is -0.0137. The molecule has 1 aromatic rings. The first-order valence-electron chi connectivity index (χ1n) is 5.34. The predicted molar refractivity (Wildman–Crippen MR) is 65.4 cm³/mol. The number of thiazole rings is 1. The zero-order valence-corrected chi connectivity index (χ0v) is 10.8. The molecular weight excluding hydrogens is 208 g/mol. The van der Waals surface area contributed by atoms with Crippen molar-refractivity contribution in [3.8, 4) is 0 Å². The van der Waals surface area contributed by atoms with Gasteiger partial charge in [-0.25, -0.2) is 4.98 Å². The van der Waals surface area contributed by atoms with E-state index in [0.29, 0.717) is 6.61 Å². The van der Waals surface area contributed by atoms with Crippen LogP contribution in [-0.4, -0.2) is 17.1 Å². The van der Waals surface area contributed by atoms with Gasteiger partial charge in [-0.05, 0) is 27.2 Å². The highest BCUT2D eigenvalue weighted by molar-refractivity contribution is 7.15. The summed E-state index contributed by atoms with van der Waals surface area (Å²) in [5, 5.41) is 4.25. The molecule has 0 fully saturated rings. The Morgan fingerprint density at radius 3 is 2.80 bits per heavy atom. The maximum absolute atomic E-state index is 5.68. The Bertz CT molecular complexity index is 291. The Hall–Kier alpha value is -0.610. The van der Waals surface area contributed by atoms with Gasteiger partial charge in [-0.1, -0.05) is 18.3 Å². The molecule has 4 heteroatoms. The van der Waals surface area contributed by atoms with Gasteiger partial charge in [0.1, 0.15) is 0 Å². The van der Waals surface area contributed by atoms with Gasteiger partial charge in [0.2, 0.25) is 0 Å². The molecule has 1 heterocycles. The molecule has 86 valence electrons. The van der Waals surface area contributed by atoms with Crippen molar-refractivity contribution in [3.63, 3.8) is 0 Å². The van der Waals surface area contributed by atoms with Crippen LogP contribution in [0.3, 0.4) is 0 Å². The van der Waals surface area contributed by atoms with Crippen LogP contribution in [0.5, 0.6) is 0 Å². The van der Waals surface area contributed by atoms with Crippen molar-refractivity contribution in [1.82, 2.24) is 4.98 Å². The van der Waals surface area contributed by atoms with Gasteiger partial charge in [0.15, 0.2) is 5.13 Å². The number of rotatable bonds is 5. The average Bonchev–Trinajstić information content (AvgIpc) is 2.58. The average molecular weight is 228 g/mol. The highest BCUT2D eigenvalue weighted by Gasteiger charge is 2.11. The number of hydrogen-bond acceptors (Lipinski definition) is 4. The van der Waals surface area contributed by atoms with Gasteiger partial charge in [-0.15, -0.1) is 0 Å². The van der Waals surface area contributed by atoms with Crippen LogP contribution < -0.4 is 5.32 Å². The third-order valence-corrected chi connectivity index (χ3v) is 2.66. The molecule has 1 rings (SSSR count). The van der Waals surface area contributed by atoms with E-state index >= 15 is 0 Å².